The van der Waals surface area contributed by atoms with E-state index in [0.29, 0.717) is 18.1 Å². The molecule has 0 unspecified atom stereocenters. The maximum Gasteiger partial charge on any atom is 0.191 e. The van der Waals surface area contributed by atoms with Gasteiger partial charge in [-0.05, 0) is 94.2 Å². The second-order valence-corrected chi connectivity index (χ2v) is 10.2. The number of benzene rings is 3. The van der Waals surface area contributed by atoms with E-state index >= 15 is 0 Å². The lowest BCUT2D eigenvalue weighted by Crippen LogP contribution is -2.37. The molecule has 0 atom stereocenters. The Morgan fingerprint density at radius 3 is 2.43 bits per heavy atom. The van der Waals surface area contributed by atoms with E-state index in [1.807, 2.05) is 30.3 Å². The van der Waals surface area contributed by atoms with Crippen molar-refractivity contribution in [1.29, 1.82) is 0 Å². The summed E-state index contributed by atoms with van der Waals surface area (Å²) in [5, 5.41) is 8.45. The highest BCUT2D eigenvalue weighted by Gasteiger charge is 2.31. The molecule has 0 radical (unpaired) electrons. The molecule has 0 saturated carbocycles. The molecular weight excluding hydrogens is 454 g/mol. The van der Waals surface area contributed by atoms with Crippen LogP contribution in [0, 0.1) is 27.7 Å². The van der Waals surface area contributed by atoms with Crippen LogP contribution in [0.5, 0.6) is 11.5 Å². The normalized spacial score (nSPS) is 15.2. The third-order valence-electron chi connectivity index (χ3n) is 6.10. The monoisotopic (exact) mass is 487 g/mol. The van der Waals surface area contributed by atoms with Crippen molar-refractivity contribution < 1.29 is 9.47 Å². The van der Waals surface area contributed by atoms with E-state index in [2.05, 4.69) is 76.6 Å². The van der Waals surface area contributed by atoms with Gasteiger partial charge in [0.25, 0.3) is 0 Å². The topological polar surface area (TPSA) is 54.9 Å². The van der Waals surface area contributed by atoms with Crippen LogP contribution in [0.25, 0.3) is 0 Å². The fraction of sp³-hybridized carbons (Fsp3) is 0.310. The Morgan fingerprint density at radius 1 is 1.00 bits per heavy atom. The molecule has 3 aromatic carbocycles. The van der Waals surface area contributed by atoms with E-state index in [1.165, 1.54) is 11.1 Å². The standard InChI is InChI=1S/C29H33N3O2S/c1-18-13-20(3)27(21(4)14-18)30-28(35)32-31-25-16-29(5,6)34-26-12-11-23(15-24(25)26)33-17-22-10-8-7-9-19(22)2/h7-15H,16-17H2,1-6H3,(H2,30,32,35)/b31-25-. The average molecular weight is 488 g/mol. The minimum Gasteiger partial charge on any atom is -0.489 e. The molecule has 6 heteroatoms. The molecule has 0 saturated heterocycles. The van der Waals surface area contributed by atoms with Crippen molar-refractivity contribution in [2.24, 2.45) is 5.10 Å². The maximum absolute atomic E-state index is 6.22. The fourth-order valence-electron chi connectivity index (χ4n) is 4.42. The molecule has 3 aromatic rings. The van der Waals surface area contributed by atoms with Gasteiger partial charge in [0.15, 0.2) is 5.11 Å². The van der Waals surface area contributed by atoms with E-state index in [4.69, 9.17) is 26.8 Å². The Morgan fingerprint density at radius 2 is 1.71 bits per heavy atom. The number of anilines is 1. The molecular formula is C29H33N3O2S. The van der Waals surface area contributed by atoms with E-state index in [0.717, 1.165) is 45.2 Å². The quantitative estimate of drug-likeness (QED) is 0.308. The van der Waals surface area contributed by atoms with Crippen molar-refractivity contribution >= 4 is 28.7 Å². The lowest BCUT2D eigenvalue weighted by Gasteiger charge is -2.33. The van der Waals surface area contributed by atoms with Crippen molar-refractivity contribution in [3.63, 3.8) is 0 Å². The number of hydrazone groups is 1. The molecule has 0 bridgehead atoms. The van der Waals surface area contributed by atoms with Gasteiger partial charge in [0.05, 0.1) is 5.71 Å². The Kier molecular flexibility index (Phi) is 7.13. The lowest BCUT2D eigenvalue weighted by molar-refractivity contribution is 0.111. The third-order valence-corrected chi connectivity index (χ3v) is 6.30. The van der Waals surface area contributed by atoms with Crippen LogP contribution in [-0.4, -0.2) is 16.4 Å². The summed E-state index contributed by atoms with van der Waals surface area (Å²) in [5.41, 5.74) is 11.3. The van der Waals surface area contributed by atoms with Crippen LogP contribution in [0.1, 0.15) is 53.6 Å². The van der Waals surface area contributed by atoms with Crippen molar-refractivity contribution in [2.75, 3.05) is 5.32 Å². The number of rotatable bonds is 5. The summed E-state index contributed by atoms with van der Waals surface area (Å²) in [7, 11) is 0. The molecule has 182 valence electrons. The SMILES string of the molecule is Cc1cc(C)c(NC(=S)N/N=C2/CC(C)(C)Oc3ccc(OCc4ccccc4C)cc32)c(C)c1. The summed E-state index contributed by atoms with van der Waals surface area (Å²) in [6, 6.07) is 18.4. The van der Waals surface area contributed by atoms with Crippen LogP contribution in [0.3, 0.4) is 0 Å². The summed E-state index contributed by atoms with van der Waals surface area (Å²) in [6.07, 6.45) is 0.638. The lowest BCUT2D eigenvalue weighted by atomic mass is 9.92. The zero-order valence-electron chi connectivity index (χ0n) is 21.3. The van der Waals surface area contributed by atoms with Crippen LogP contribution < -0.4 is 20.2 Å². The second kappa shape index (κ2) is 10.1. The van der Waals surface area contributed by atoms with Crippen molar-refractivity contribution in [3.05, 3.63) is 88.0 Å². The highest BCUT2D eigenvalue weighted by Crippen LogP contribution is 2.36. The van der Waals surface area contributed by atoms with Gasteiger partial charge in [0.2, 0.25) is 0 Å². The fourth-order valence-corrected chi connectivity index (χ4v) is 4.56. The molecule has 1 aliphatic heterocycles. The minimum atomic E-state index is -0.379. The van der Waals surface area contributed by atoms with Gasteiger partial charge >= 0.3 is 0 Å². The first-order chi connectivity index (χ1) is 16.6. The summed E-state index contributed by atoms with van der Waals surface area (Å²) in [4.78, 5) is 0. The van der Waals surface area contributed by atoms with Gasteiger partial charge in [-0.25, -0.2) is 0 Å². The van der Waals surface area contributed by atoms with E-state index in [9.17, 15) is 0 Å². The molecule has 0 fully saturated rings. The van der Waals surface area contributed by atoms with Gasteiger partial charge in [0.1, 0.15) is 23.7 Å². The molecule has 5 nitrogen and oxygen atoms in total. The zero-order chi connectivity index (χ0) is 25.2. The van der Waals surface area contributed by atoms with Crippen LogP contribution in [0.15, 0.2) is 59.7 Å². The molecule has 2 N–H and O–H groups in total. The Balaban J connectivity index is 1.53. The summed E-state index contributed by atoms with van der Waals surface area (Å²) in [5.74, 6) is 1.56. The number of thiocarbonyl (C=S) groups is 1. The second-order valence-electron chi connectivity index (χ2n) is 9.81. The smallest absolute Gasteiger partial charge is 0.191 e. The predicted molar refractivity (Wildman–Crippen MR) is 148 cm³/mol. The van der Waals surface area contributed by atoms with E-state index in [-0.39, 0.29) is 5.60 Å². The zero-order valence-corrected chi connectivity index (χ0v) is 22.1. The Labute approximate surface area is 213 Å². The van der Waals surface area contributed by atoms with Crippen molar-refractivity contribution in [1.82, 2.24) is 5.43 Å². The van der Waals surface area contributed by atoms with Gasteiger partial charge in [-0.15, -0.1) is 0 Å². The van der Waals surface area contributed by atoms with Gasteiger partial charge < -0.3 is 14.8 Å². The van der Waals surface area contributed by atoms with Crippen molar-refractivity contribution in [2.45, 2.75) is 60.2 Å². The predicted octanol–water partition coefficient (Wildman–Crippen LogP) is 6.75. The van der Waals surface area contributed by atoms with Gasteiger partial charge in [-0.3, -0.25) is 5.43 Å². The van der Waals surface area contributed by atoms with Gasteiger partial charge in [0, 0.05) is 17.7 Å². The average Bonchev–Trinajstić information content (AvgIpc) is 2.79. The summed E-state index contributed by atoms with van der Waals surface area (Å²) in [6.45, 7) is 13.0. The number of aryl methyl sites for hydroxylation is 4. The molecule has 4 rings (SSSR count). The molecule has 1 aliphatic rings. The van der Waals surface area contributed by atoms with Crippen molar-refractivity contribution in [3.8, 4) is 11.5 Å². The summed E-state index contributed by atoms with van der Waals surface area (Å²) >= 11 is 5.56. The maximum atomic E-state index is 6.22. The number of hydrogen-bond donors (Lipinski definition) is 2. The van der Waals surface area contributed by atoms with Crippen LogP contribution in [-0.2, 0) is 6.61 Å². The van der Waals surface area contributed by atoms with Gasteiger partial charge in [-0.2, -0.15) is 5.10 Å². The van der Waals surface area contributed by atoms with E-state index < -0.39 is 0 Å². The number of hydrogen-bond acceptors (Lipinski definition) is 4. The van der Waals surface area contributed by atoms with Crippen LogP contribution in [0.2, 0.25) is 0 Å². The number of ether oxygens (including phenoxy) is 2. The number of fused-ring (bicyclic) bond motifs is 1. The summed E-state index contributed by atoms with van der Waals surface area (Å²) < 4.78 is 12.3. The third kappa shape index (κ3) is 6.01. The molecule has 0 aliphatic carbocycles. The first kappa shape index (κ1) is 24.7. The molecule has 0 amide bonds. The molecule has 0 spiro atoms. The minimum absolute atomic E-state index is 0.379. The highest BCUT2D eigenvalue weighted by atomic mass is 32.1. The number of nitrogens with one attached hydrogen (secondary N) is 2. The highest BCUT2D eigenvalue weighted by molar-refractivity contribution is 7.80. The Bertz CT molecular complexity index is 1270. The molecule has 1 heterocycles. The van der Waals surface area contributed by atoms with Crippen LogP contribution >= 0.6 is 12.2 Å². The molecule has 35 heavy (non-hydrogen) atoms. The first-order valence-corrected chi connectivity index (χ1v) is 12.2. The van der Waals surface area contributed by atoms with Gasteiger partial charge in [-0.1, -0.05) is 42.0 Å². The first-order valence-electron chi connectivity index (χ1n) is 11.8. The largest absolute Gasteiger partial charge is 0.489 e. The Hall–Kier alpha value is -3.38. The number of nitrogens with zero attached hydrogens (tertiary/aromatic N) is 1. The van der Waals surface area contributed by atoms with Crippen LogP contribution in [0.4, 0.5) is 5.69 Å². The molecule has 0 aromatic heterocycles. The van der Waals surface area contributed by atoms with E-state index in [1.54, 1.807) is 0 Å².